The molecule has 2 aliphatic carbocycles. The Hall–Kier alpha value is 0.0200. The van der Waals surface area contributed by atoms with Crippen molar-refractivity contribution in [3.8, 4) is 0 Å². The maximum absolute atomic E-state index is 12.2. The monoisotopic (exact) mass is 210 g/mol. The summed E-state index contributed by atoms with van der Waals surface area (Å²) in [5.41, 5.74) is 0. The van der Waals surface area contributed by atoms with Gasteiger partial charge in [-0.15, -0.1) is 0 Å². The van der Waals surface area contributed by atoms with Crippen LogP contribution in [-0.4, -0.2) is 16.8 Å². The molecule has 3 aliphatic rings. The number of thioether (sulfide) groups is 1. The molecule has 0 aromatic carbocycles. The Bertz CT molecular complexity index is 233. The standard InChI is InChI=1S/C12H18OS/c13-12(10-6-3-7-14-10)11-8-4-1-2-5-9(8)11/h8-11H,1-7H2. The lowest BCUT2D eigenvalue weighted by Gasteiger charge is -2.05. The van der Waals surface area contributed by atoms with E-state index in [9.17, 15) is 4.79 Å². The summed E-state index contributed by atoms with van der Waals surface area (Å²) in [6, 6.07) is 0. The van der Waals surface area contributed by atoms with Crippen LogP contribution in [0.2, 0.25) is 0 Å². The highest BCUT2D eigenvalue weighted by Gasteiger charge is 2.55. The molecule has 3 atom stereocenters. The van der Waals surface area contributed by atoms with Gasteiger partial charge in [-0.05, 0) is 43.3 Å². The molecule has 0 amide bonds. The van der Waals surface area contributed by atoms with Crippen molar-refractivity contribution in [2.75, 3.05) is 5.75 Å². The topological polar surface area (TPSA) is 17.1 Å². The third-order valence-corrected chi connectivity index (χ3v) is 5.63. The largest absolute Gasteiger partial charge is 0.298 e. The second-order valence-electron chi connectivity index (χ2n) is 5.04. The van der Waals surface area contributed by atoms with Gasteiger partial charge >= 0.3 is 0 Å². The molecule has 1 saturated heterocycles. The van der Waals surface area contributed by atoms with Gasteiger partial charge in [0, 0.05) is 5.92 Å². The minimum absolute atomic E-state index is 0.394. The van der Waals surface area contributed by atoms with Crippen molar-refractivity contribution in [3.05, 3.63) is 0 Å². The Morgan fingerprint density at radius 1 is 1.00 bits per heavy atom. The zero-order valence-electron chi connectivity index (χ0n) is 8.58. The number of rotatable bonds is 2. The number of fused-ring (bicyclic) bond motifs is 1. The molecule has 3 fully saturated rings. The van der Waals surface area contributed by atoms with Crippen molar-refractivity contribution in [1.29, 1.82) is 0 Å². The summed E-state index contributed by atoms with van der Waals surface area (Å²) in [5, 5.41) is 0.394. The summed E-state index contributed by atoms with van der Waals surface area (Å²) < 4.78 is 0. The van der Waals surface area contributed by atoms with E-state index < -0.39 is 0 Å². The van der Waals surface area contributed by atoms with E-state index in [1.54, 1.807) is 0 Å². The SMILES string of the molecule is O=C(C1CCCS1)C1C2CCCCC21. The molecule has 0 bridgehead atoms. The third-order valence-electron chi connectivity index (χ3n) is 4.23. The minimum Gasteiger partial charge on any atom is -0.298 e. The molecule has 0 aromatic rings. The Morgan fingerprint density at radius 2 is 1.71 bits per heavy atom. The zero-order valence-corrected chi connectivity index (χ0v) is 9.39. The maximum atomic E-state index is 12.2. The second-order valence-corrected chi connectivity index (χ2v) is 6.35. The van der Waals surface area contributed by atoms with Crippen LogP contribution in [0.1, 0.15) is 38.5 Å². The van der Waals surface area contributed by atoms with Crippen molar-refractivity contribution in [2.45, 2.75) is 43.8 Å². The van der Waals surface area contributed by atoms with E-state index in [1.165, 1.54) is 44.3 Å². The van der Waals surface area contributed by atoms with Gasteiger partial charge in [0.25, 0.3) is 0 Å². The van der Waals surface area contributed by atoms with E-state index in [0.29, 0.717) is 17.0 Å². The fraction of sp³-hybridized carbons (Fsp3) is 0.917. The number of carbonyl (C=O) groups is 1. The molecular weight excluding hydrogens is 192 g/mol. The molecular formula is C12H18OS. The lowest BCUT2D eigenvalue weighted by molar-refractivity contribution is -0.120. The van der Waals surface area contributed by atoms with Gasteiger partial charge in [0.1, 0.15) is 5.78 Å². The predicted molar refractivity (Wildman–Crippen MR) is 59.4 cm³/mol. The van der Waals surface area contributed by atoms with Gasteiger partial charge in [-0.2, -0.15) is 11.8 Å². The van der Waals surface area contributed by atoms with Gasteiger partial charge in [0.15, 0.2) is 0 Å². The summed E-state index contributed by atoms with van der Waals surface area (Å²) >= 11 is 1.91. The summed E-state index contributed by atoms with van der Waals surface area (Å²) in [6.07, 6.45) is 7.88. The number of hydrogen-bond acceptors (Lipinski definition) is 2. The van der Waals surface area contributed by atoms with Crippen LogP contribution in [-0.2, 0) is 4.79 Å². The van der Waals surface area contributed by atoms with Crippen LogP contribution < -0.4 is 0 Å². The summed E-state index contributed by atoms with van der Waals surface area (Å²) in [5.74, 6) is 3.99. The van der Waals surface area contributed by atoms with E-state index in [0.717, 1.165) is 11.8 Å². The highest BCUT2D eigenvalue weighted by atomic mass is 32.2. The van der Waals surface area contributed by atoms with Crippen LogP contribution in [0.5, 0.6) is 0 Å². The third kappa shape index (κ3) is 1.42. The van der Waals surface area contributed by atoms with Crippen LogP contribution in [0.4, 0.5) is 0 Å². The predicted octanol–water partition coefficient (Wildman–Crippen LogP) is 2.89. The first-order chi connectivity index (χ1) is 6.88. The fourth-order valence-corrected chi connectivity index (χ4v) is 4.70. The number of ketones is 1. The zero-order chi connectivity index (χ0) is 9.54. The van der Waals surface area contributed by atoms with Crippen LogP contribution >= 0.6 is 11.8 Å². The van der Waals surface area contributed by atoms with Crippen molar-refractivity contribution >= 4 is 17.5 Å². The first-order valence-corrected chi connectivity index (χ1v) is 7.08. The molecule has 1 heterocycles. The van der Waals surface area contributed by atoms with Crippen LogP contribution in [0.15, 0.2) is 0 Å². The average molecular weight is 210 g/mol. The molecule has 1 nitrogen and oxygen atoms in total. The Morgan fingerprint density at radius 3 is 2.29 bits per heavy atom. The Labute approximate surface area is 90.0 Å². The molecule has 0 radical (unpaired) electrons. The first kappa shape index (κ1) is 9.26. The van der Waals surface area contributed by atoms with E-state index in [2.05, 4.69) is 0 Å². The van der Waals surface area contributed by atoms with E-state index >= 15 is 0 Å². The number of carbonyl (C=O) groups excluding carboxylic acids is 1. The summed E-state index contributed by atoms with van der Waals surface area (Å²) in [6.45, 7) is 0. The van der Waals surface area contributed by atoms with Gasteiger partial charge in [0.05, 0.1) is 5.25 Å². The van der Waals surface area contributed by atoms with E-state index in [1.807, 2.05) is 11.8 Å². The molecule has 3 rings (SSSR count). The number of hydrogen-bond donors (Lipinski definition) is 0. The van der Waals surface area contributed by atoms with Crippen LogP contribution in [0.3, 0.4) is 0 Å². The van der Waals surface area contributed by atoms with Gasteiger partial charge in [0.2, 0.25) is 0 Å². The molecule has 78 valence electrons. The van der Waals surface area contributed by atoms with Crippen molar-refractivity contribution in [2.24, 2.45) is 17.8 Å². The van der Waals surface area contributed by atoms with Crippen molar-refractivity contribution < 1.29 is 4.79 Å². The lowest BCUT2D eigenvalue weighted by Crippen LogP contribution is -2.17. The number of Topliss-reactive ketones (excluding diaryl/α,β-unsaturated/α-hetero) is 1. The van der Waals surface area contributed by atoms with Gasteiger partial charge in [-0.1, -0.05) is 12.8 Å². The maximum Gasteiger partial charge on any atom is 0.149 e. The fourth-order valence-electron chi connectivity index (χ4n) is 3.43. The molecule has 0 N–H and O–H groups in total. The molecule has 2 heteroatoms. The average Bonchev–Trinajstić information content (AvgIpc) is 2.70. The van der Waals surface area contributed by atoms with Gasteiger partial charge in [-0.3, -0.25) is 4.79 Å². The quantitative estimate of drug-likeness (QED) is 0.697. The second kappa shape index (κ2) is 3.55. The minimum atomic E-state index is 0.394. The Balaban J connectivity index is 1.63. The molecule has 1 aliphatic heterocycles. The molecule has 14 heavy (non-hydrogen) atoms. The van der Waals surface area contributed by atoms with Crippen LogP contribution in [0.25, 0.3) is 0 Å². The lowest BCUT2D eigenvalue weighted by atomic mass is 10.0. The molecule has 3 unspecified atom stereocenters. The highest BCUT2D eigenvalue weighted by Crippen LogP contribution is 2.57. The van der Waals surface area contributed by atoms with Gasteiger partial charge in [-0.25, -0.2) is 0 Å². The Kier molecular flexibility index (Phi) is 2.35. The van der Waals surface area contributed by atoms with E-state index in [-0.39, 0.29) is 0 Å². The summed E-state index contributed by atoms with van der Waals surface area (Å²) in [7, 11) is 0. The smallest absolute Gasteiger partial charge is 0.149 e. The van der Waals surface area contributed by atoms with Crippen LogP contribution in [0, 0.1) is 17.8 Å². The van der Waals surface area contributed by atoms with Crippen molar-refractivity contribution in [3.63, 3.8) is 0 Å². The first-order valence-electron chi connectivity index (χ1n) is 6.03. The molecule has 0 spiro atoms. The van der Waals surface area contributed by atoms with Crippen molar-refractivity contribution in [1.82, 2.24) is 0 Å². The normalized spacial score (nSPS) is 46.0. The van der Waals surface area contributed by atoms with Gasteiger partial charge < -0.3 is 0 Å². The van der Waals surface area contributed by atoms with E-state index in [4.69, 9.17) is 0 Å². The highest BCUT2D eigenvalue weighted by molar-refractivity contribution is 8.00. The summed E-state index contributed by atoms with van der Waals surface area (Å²) in [4.78, 5) is 12.2. The molecule has 0 aromatic heterocycles. The molecule has 2 saturated carbocycles.